The molecular formula is C16H19NO3. The first-order valence-corrected chi connectivity index (χ1v) is 6.57. The second-order valence-electron chi connectivity index (χ2n) is 5.91. The van der Waals surface area contributed by atoms with E-state index in [1.54, 1.807) is 24.3 Å². The molecule has 0 N–H and O–H groups in total. The van der Waals surface area contributed by atoms with E-state index in [0.717, 1.165) is 0 Å². The molecule has 1 amide bonds. The maximum atomic E-state index is 12.7. The van der Waals surface area contributed by atoms with Crippen molar-refractivity contribution >= 4 is 11.9 Å². The number of hydrogen-bond acceptors (Lipinski definition) is 3. The fraction of sp³-hybridized carbons (Fsp3) is 0.375. The summed E-state index contributed by atoms with van der Waals surface area (Å²) in [7, 11) is 0. The van der Waals surface area contributed by atoms with Gasteiger partial charge in [0.2, 0.25) is 0 Å². The van der Waals surface area contributed by atoms with Crippen LogP contribution >= 0.6 is 0 Å². The van der Waals surface area contributed by atoms with E-state index in [9.17, 15) is 9.59 Å². The van der Waals surface area contributed by atoms with Gasteiger partial charge in [-0.25, -0.2) is 4.79 Å². The van der Waals surface area contributed by atoms with Gasteiger partial charge in [0.15, 0.2) is 12.3 Å². The summed E-state index contributed by atoms with van der Waals surface area (Å²) in [6, 6.07) is 8.15. The Balaban J connectivity index is 2.41. The SMILES string of the molecule is C=CC1C(=O)OC(C(C)(C)C)N1C(=O)c1ccccc1. The maximum absolute atomic E-state index is 12.7. The van der Waals surface area contributed by atoms with Crippen LogP contribution in [0.3, 0.4) is 0 Å². The zero-order valence-electron chi connectivity index (χ0n) is 12.0. The predicted molar refractivity (Wildman–Crippen MR) is 75.9 cm³/mol. The van der Waals surface area contributed by atoms with Gasteiger partial charge >= 0.3 is 5.97 Å². The van der Waals surface area contributed by atoms with Crippen LogP contribution < -0.4 is 0 Å². The highest BCUT2D eigenvalue weighted by Gasteiger charge is 2.48. The number of hydrogen-bond donors (Lipinski definition) is 0. The molecule has 0 saturated carbocycles. The number of benzene rings is 1. The number of carbonyl (C=O) groups is 2. The highest BCUT2D eigenvalue weighted by molar-refractivity contribution is 5.98. The van der Waals surface area contributed by atoms with Gasteiger partial charge in [-0.15, -0.1) is 6.58 Å². The Morgan fingerprint density at radius 2 is 1.90 bits per heavy atom. The molecule has 106 valence electrons. The van der Waals surface area contributed by atoms with Crippen molar-refractivity contribution in [3.8, 4) is 0 Å². The number of nitrogens with zero attached hydrogens (tertiary/aromatic N) is 1. The first-order chi connectivity index (χ1) is 9.36. The van der Waals surface area contributed by atoms with Crippen molar-refractivity contribution in [1.29, 1.82) is 0 Å². The highest BCUT2D eigenvalue weighted by atomic mass is 16.6. The molecule has 4 heteroatoms. The van der Waals surface area contributed by atoms with Gasteiger partial charge in [-0.3, -0.25) is 9.69 Å². The first kappa shape index (κ1) is 14.3. The minimum absolute atomic E-state index is 0.221. The molecule has 1 aliphatic rings. The third-order valence-electron chi connectivity index (χ3n) is 3.24. The summed E-state index contributed by atoms with van der Waals surface area (Å²) in [5, 5.41) is 0. The zero-order valence-corrected chi connectivity index (χ0v) is 12.0. The lowest BCUT2D eigenvalue weighted by Crippen LogP contribution is -2.47. The molecule has 2 rings (SSSR count). The van der Waals surface area contributed by atoms with Gasteiger partial charge in [-0.2, -0.15) is 0 Å². The predicted octanol–water partition coefficient (Wildman–Crippen LogP) is 2.61. The van der Waals surface area contributed by atoms with E-state index in [1.165, 1.54) is 11.0 Å². The van der Waals surface area contributed by atoms with Crippen molar-refractivity contribution in [3.63, 3.8) is 0 Å². The van der Waals surface area contributed by atoms with E-state index >= 15 is 0 Å². The van der Waals surface area contributed by atoms with Crippen LogP contribution in [0.4, 0.5) is 0 Å². The number of esters is 1. The molecule has 1 aliphatic heterocycles. The van der Waals surface area contributed by atoms with Gasteiger partial charge in [0.25, 0.3) is 5.91 Å². The Morgan fingerprint density at radius 3 is 2.40 bits per heavy atom. The minimum atomic E-state index is -0.730. The molecule has 1 aromatic rings. The molecular weight excluding hydrogens is 254 g/mol. The smallest absolute Gasteiger partial charge is 0.335 e. The van der Waals surface area contributed by atoms with Crippen LogP contribution in [0.25, 0.3) is 0 Å². The number of rotatable bonds is 2. The molecule has 0 radical (unpaired) electrons. The van der Waals surface area contributed by atoms with Crippen molar-refractivity contribution in [1.82, 2.24) is 4.90 Å². The molecule has 20 heavy (non-hydrogen) atoms. The average Bonchev–Trinajstić information content (AvgIpc) is 2.75. The van der Waals surface area contributed by atoms with E-state index in [-0.39, 0.29) is 11.3 Å². The van der Waals surface area contributed by atoms with Gasteiger partial charge in [0, 0.05) is 11.0 Å². The van der Waals surface area contributed by atoms with Gasteiger partial charge in [0.1, 0.15) is 0 Å². The van der Waals surface area contributed by atoms with Crippen LogP contribution in [0.5, 0.6) is 0 Å². The number of ether oxygens (including phenoxy) is 1. The second-order valence-corrected chi connectivity index (χ2v) is 5.91. The molecule has 1 heterocycles. The van der Waals surface area contributed by atoms with Crippen molar-refractivity contribution in [3.05, 3.63) is 48.6 Å². The fourth-order valence-corrected chi connectivity index (χ4v) is 2.26. The fourth-order valence-electron chi connectivity index (χ4n) is 2.26. The van der Waals surface area contributed by atoms with E-state index in [2.05, 4.69) is 6.58 Å². The average molecular weight is 273 g/mol. The van der Waals surface area contributed by atoms with Crippen LogP contribution in [0.1, 0.15) is 31.1 Å². The van der Waals surface area contributed by atoms with E-state index in [4.69, 9.17) is 4.74 Å². The number of cyclic esters (lactones) is 1. The van der Waals surface area contributed by atoms with Gasteiger partial charge in [0.05, 0.1) is 0 Å². The molecule has 0 aromatic heterocycles. The monoisotopic (exact) mass is 273 g/mol. The summed E-state index contributed by atoms with van der Waals surface area (Å²) in [5.41, 5.74) is 0.171. The van der Waals surface area contributed by atoms with Gasteiger partial charge in [-0.1, -0.05) is 45.0 Å². The number of amides is 1. The molecule has 1 saturated heterocycles. The maximum Gasteiger partial charge on any atom is 0.335 e. The van der Waals surface area contributed by atoms with Crippen molar-refractivity contribution in [2.45, 2.75) is 33.0 Å². The van der Waals surface area contributed by atoms with Crippen molar-refractivity contribution < 1.29 is 14.3 Å². The molecule has 2 atom stereocenters. The molecule has 1 aromatic carbocycles. The minimum Gasteiger partial charge on any atom is -0.439 e. The van der Waals surface area contributed by atoms with Crippen molar-refractivity contribution in [2.24, 2.45) is 5.41 Å². The topological polar surface area (TPSA) is 46.6 Å². The Kier molecular flexibility index (Phi) is 3.66. The van der Waals surface area contributed by atoms with Crippen molar-refractivity contribution in [2.75, 3.05) is 0 Å². The van der Waals surface area contributed by atoms with Crippen LogP contribution in [-0.2, 0) is 9.53 Å². The Labute approximate surface area is 119 Å². The van der Waals surface area contributed by atoms with E-state index < -0.39 is 18.2 Å². The van der Waals surface area contributed by atoms with Crippen LogP contribution in [0.15, 0.2) is 43.0 Å². The molecule has 0 aliphatic carbocycles. The molecule has 1 fully saturated rings. The van der Waals surface area contributed by atoms with Crippen LogP contribution in [0, 0.1) is 5.41 Å². The number of carbonyl (C=O) groups excluding carboxylic acids is 2. The lowest BCUT2D eigenvalue weighted by molar-refractivity contribution is -0.146. The second kappa shape index (κ2) is 5.12. The Bertz CT molecular complexity index is 530. The summed E-state index contributed by atoms with van der Waals surface area (Å²) >= 11 is 0. The molecule has 0 bridgehead atoms. The summed E-state index contributed by atoms with van der Waals surface area (Å²) in [4.78, 5) is 26.1. The first-order valence-electron chi connectivity index (χ1n) is 6.57. The zero-order chi connectivity index (χ0) is 14.9. The summed E-state index contributed by atoms with van der Waals surface area (Å²) in [6.07, 6.45) is 0.861. The van der Waals surface area contributed by atoms with E-state index in [1.807, 2.05) is 26.8 Å². The normalized spacial score (nSPS) is 22.6. The summed E-state index contributed by atoms with van der Waals surface area (Å²) < 4.78 is 5.38. The van der Waals surface area contributed by atoms with Crippen LogP contribution in [-0.4, -0.2) is 29.0 Å². The summed E-state index contributed by atoms with van der Waals surface area (Å²) in [5.74, 6) is -0.648. The molecule has 4 nitrogen and oxygen atoms in total. The summed E-state index contributed by atoms with van der Waals surface area (Å²) in [6.45, 7) is 9.44. The lowest BCUT2D eigenvalue weighted by atomic mass is 9.92. The third-order valence-corrected chi connectivity index (χ3v) is 3.24. The Morgan fingerprint density at radius 1 is 1.30 bits per heavy atom. The van der Waals surface area contributed by atoms with Gasteiger partial charge in [-0.05, 0) is 12.1 Å². The lowest BCUT2D eigenvalue weighted by Gasteiger charge is -2.33. The van der Waals surface area contributed by atoms with Gasteiger partial charge < -0.3 is 4.74 Å². The molecule has 0 spiro atoms. The van der Waals surface area contributed by atoms with Crippen LogP contribution in [0.2, 0.25) is 0 Å². The third kappa shape index (κ3) is 2.46. The Hall–Kier alpha value is -2.10. The molecule has 2 unspecified atom stereocenters. The van der Waals surface area contributed by atoms with E-state index in [0.29, 0.717) is 5.56 Å². The standard InChI is InChI=1S/C16H19NO3/c1-5-12-14(19)20-15(16(2,3)4)17(12)13(18)11-9-7-6-8-10-11/h5-10,12,15H,1H2,2-4H3. The quantitative estimate of drug-likeness (QED) is 0.614. The highest BCUT2D eigenvalue weighted by Crippen LogP contribution is 2.33. The largest absolute Gasteiger partial charge is 0.439 e.